The van der Waals surface area contributed by atoms with Crippen molar-refractivity contribution >= 4 is 22.7 Å². The predicted molar refractivity (Wildman–Crippen MR) is 105 cm³/mol. The highest BCUT2D eigenvalue weighted by atomic mass is 32.1. The van der Waals surface area contributed by atoms with Gasteiger partial charge in [0.2, 0.25) is 0 Å². The van der Waals surface area contributed by atoms with Gasteiger partial charge in [-0.05, 0) is 52.4 Å². The zero-order valence-electron chi connectivity index (χ0n) is 13.2. The van der Waals surface area contributed by atoms with Gasteiger partial charge in [-0.15, -0.1) is 22.7 Å². The van der Waals surface area contributed by atoms with E-state index in [0.717, 1.165) is 5.75 Å². The number of hydrogen-bond acceptors (Lipinski definition) is 3. The molecule has 2 heterocycles. The van der Waals surface area contributed by atoms with E-state index < -0.39 is 0 Å². The SMILES string of the molecule is COc1ccc(-c2ccc(-c3ccc(-c4cccs4)s3)cc2)cc1. The maximum Gasteiger partial charge on any atom is 0.118 e. The Morgan fingerprint density at radius 1 is 0.625 bits per heavy atom. The highest BCUT2D eigenvalue weighted by molar-refractivity contribution is 7.23. The average Bonchev–Trinajstić information content (AvgIpc) is 3.33. The van der Waals surface area contributed by atoms with Gasteiger partial charge in [0.1, 0.15) is 5.75 Å². The van der Waals surface area contributed by atoms with E-state index in [1.807, 2.05) is 23.5 Å². The normalized spacial score (nSPS) is 10.7. The van der Waals surface area contributed by atoms with E-state index in [1.165, 1.54) is 31.3 Å². The summed E-state index contributed by atoms with van der Waals surface area (Å²) in [6.45, 7) is 0. The van der Waals surface area contributed by atoms with Crippen LogP contribution in [0.4, 0.5) is 0 Å². The topological polar surface area (TPSA) is 9.23 Å². The minimum absolute atomic E-state index is 0.884. The largest absolute Gasteiger partial charge is 0.497 e. The summed E-state index contributed by atoms with van der Waals surface area (Å²) in [4.78, 5) is 3.97. The van der Waals surface area contributed by atoms with Crippen LogP contribution in [0.3, 0.4) is 0 Å². The lowest BCUT2D eigenvalue weighted by Crippen LogP contribution is -1.82. The molecule has 4 rings (SSSR count). The molecule has 24 heavy (non-hydrogen) atoms. The van der Waals surface area contributed by atoms with Gasteiger partial charge in [0.05, 0.1) is 7.11 Å². The summed E-state index contributed by atoms with van der Waals surface area (Å²) in [7, 11) is 1.69. The molecule has 118 valence electrons. The summed E-state index contributed by atoms with van der Waals surface area (Å²) in [6.07, 6.45) is 0. The summed E-state index contributed by atoms with van der Waals surface area (Å²) < 4.78 is 5.22. The second-order valence-corrected chi connectivity index (χ2v) is 7.48. The van der Waals surface area contributed by atoms with Gasteiger partial charge in [0.15, 0.2) is 0 Å². The van der Waals surface area contributed by atoms with Crippen LogP contribution in [0.15, 0.2) is 78.2 Å². The van der Waals surface area contributed by atoms with Crippen molar-refractivity contribution in [2.24, 2.45) is 0 Å². The van der Waals surface area contributed by atoms with Crippen LogP contribution in [-0.4, -0.2) is 7.11 Å². The highest BCUT2D eigenvalue weighted by Gasteiger charge is 2.06. The molecular formula is C21H16OS2. The Balaban J connectivity index is 1.59. The Labute approximate surface area is 149 Å². The summed E-state index contributed by atoms with van der Waals surface area (Å²) in [6, 6.07) is 25.6. The van der Waals surface area contributed by atoms with Gasteiger partial charge in [0.25, 0.3) is 0 Å². The Kier molecular flexibility index (Phi) is 4.20. The van der Waals surface area contributed by atoms with Gasteiger partial charge in [-0.25, -0.2) is 0 Å². The Hall–Kier alpha value is -2.36. The molecule has 1 nitrogen and oxygen atoms in total. The maximum absolute atomic E-state index is 5.22. The van der Waals surface area contributed by atoms with Crippen LogP contribution in [0.5, 0.6) is 5.75 Å². The van der Waals surface area contributed by atoms with E-state index in [-0.39, 0.29) is 0 Å². The lowest BCUT2D eigenvalue weighted by molar-refractivity contribution is 0.415. The molecule has 0 aliphatic rings. The zero-order valence-corrected chi connectivity index (χ0v) is 14.9. The molecule has 0 spiro atoms. The quantitative estimate of drug-likeness (QED) is 0.393. The molecule has 0 aliphatic carbocycles. The number of rotatable bonds is 4. The van der Waals surface area contributed by atoms with Crippen molar-refractivity contribution in [3.8, 4) is 37.1 Å². The van der Waals surface area contributed by atoms with Crippen LogP contribution < -0.4 is 4.74 Å². The minimum Gasteiger partial charge on any atom is -0.497 e. The Morgan fingerprint density at radius 2 is 1.25 bits per heavy atom. The van der Waals surface area contributed by atoms with Crippen LogP contribution in [-0.2, 0) is 0 Å². The van der Waals surface area contributed by atoms with Crippen molar-refractivity contribution in [1.82, 2.24) is 0 Å². The van der Waals surface area contributed by atoms with E-state index in [9.17, 15) is 0 Å². The van der Waals surface area contributed by atoms with Crippen molar-refractivity contribution in [3.63, 3.8) is 0 Å². The Bertz CT molecular complexity index is 917. The molecule has 0 aliphatic heterocycles. The standard InChI is InChI=1S/C21H16OS2/c1-22-18-10-8-16(9-11-18)15-4-6-17(7-5-15)19-12-13-21(24-19)20-3-2-14-23-20/h2-14H,1H3. The molecule has 0 N–H and O–H groups in total. The molecular weight excluding hydrogens is 332 g/mol. The third kappa shape index (κ3) is 3.01. The minimum atomic E-state index is 0.884. The average molecular weight is 348 g/mol. The fraction of sp³-hybridized carbons (Fsp3) is 0.0476. The number of methoxy groups -OCH3 is 1. The maximum atomic E-state index is 5.22. The molecule has 0 fully saturated rings. The smallest absolute Gasteiger partial charge is 0.118 e. The highest BCUT2D eigenvalue weighted by Crippen LogP contribution is 2.37. The van der Waals surface area contributed by atoms with Crippen molar-refractivity contribution in [1.29, 1.82) is 0 Å². The van der Waals surface area contributed by atoms with E-state index in [0.29, 0.717) is 0 Å². The molecule has 0 radical (unpaired) electrons. The van der Waals surface area contributed by atoms with Gasteiger partial charge in [-0.2, -0.15) is 0 Å². The first kappa shape index (κ1) is 15.2. The summed E-state index contributed by atoms with van der Waals surface area (Å²) in [5, 5.41) is 2.12. The monoisotopic (exact) mass is 348 g/mol. The first-order valence-electron chi connectivity index (χ1n) is 7.72. The van der Waals surface area contributed by atoms with Gasteiger partial charge >= 0.3 is 0 Å². The van der Waals surface area contributed by atoms with E-state index >= 15 is 0 Å². The molecule has 2 aromatic carbocycles. The second-order valence-electron chi connectivity index (χ2n) is 5.45. The molecule has 0 atom stereocenters. The van der Waals surface area contributed by atoms with Gasteiger partial charge in [-0.3, -0.25) is 0 Å². The fourth-order valence-corrected chi connectivity index (χ4v) is 4.50. The fourth-order valence-electron chi connectivity index (χ4n) is 2.65. The summed E-state index contributed by atoms with van der Waals surface area (Å²) >= 11 is 3.63. The number of thiophene rings is 2. The summed E-state index contributed by atoms with van der Waals surface area (Å²) in [5.41, 5.74) is 3.68. The van der Waals surface area contributed by atoms with Crippen molar-refractivity contribution in [3.05, 3.63) is 78.2 Å². The number of hydrogen-bond donors (Lipinski definition) is 0. The first-order chi connectivity index (χ1) is 11.8. The zero-order chi connectivity index (χ0) is 16.4. The predicted octanol–water partition coefficient (Wildman–Crippen LogP) is 6.82. The number of benzene rings is 2. The molecule has 0 saturated carbocycles. The molecule has 2 aromatic heterocycles. The molecule has 0 unspecified atom stereocenters. The van der Waals surface area contributed by atoms with Crippen LogP contribution >= 0.6 is 22.7 Å². The first-order valence-corrected chi connectivity index (χ1v) is 9.42. The number of ether oxygens (including phenoxy) is 1. The van der Waals surface area contributed by atoms with Crippen molar-refractivity contribution in [2.75, 3.05) is 7.11 Å². The van der Waals surface area contributed by atoms with E-state index in [2.05, 4.69) is 66.0 Å². The van der Waals surface area contributed by atoms with Crippen molar-refractivity contribution in [2.45, 2.75) is 0 Å². The molecule has 0 saturated heterocycles. The molecule has 0 bridgehead atoms. The third-order valence-electron chi connectivity index (χ3n) is 3.96. The molecule has 4 aromatic rings. The molecule has 0 amide bonds. The lowest BCUT2D eigenvalue weighted by atomic mass is 10.0. The molecule has 3 heteroatoms. The Morgan fingerprint density at radius 3 is 1.88 bits per heavy atom. The van der Waals surface area contributed by atoms with Crippen LogP contribution in [0, 0.1) is 0 Å². The van der Waals surface area contributed by atoms with Gasteiger partial charge in [-0.1, -0.05) is 42.5 Å². The van der Waals surface area contributed by atoms with Gasteiger partial charge < -0.3 is 4.74 Å². The van der Waals surface area contributed by atoms with E-state index in [4.69, 9.17) is 4.74 Å². The van der Waals surface area contributed by atoms with Crippen LogP contribution in [0.25, 0.3) is 31.3 Å². The van der Waals surface area contributed by atoms with Crippen molar-refractivity contribution < 1.29 is 4.74 Å². The lowest BCUT2D eigenvalue weighted by Gasteiger charge is -2.05. The van der Waals surface area contributed by atoms with Crippen LogP contribution in [0.1, 0.15) is 0 Å². The van der Waals surface area contributed by atoms with Gasteiger partial charge in [0, 0.05) is 14.6 Å². The summed E-state index contributed by atoms with van der Waals surface area (Å²) in [5.74, 6) is 0.884. The van der Waals surface area contributed by atoms with E-state index in [1.54, 1.807) is 18.4 Å². The third-order valence-corrected chi connectivity index (χ3v) is 6.16. The van der Waals surface area contributed by atoms with Crippen LogP contribution in [0.2, 0.25) is 0 Å². The second kappa shape index (κ2) is 6.63.